The van der Waals surface area contributed by atoms with Gasteiger partial charge in [0, 0.05) is 6.54 Å². The van der Waals surface area contributed by atoms with Gasteiger partial charge in [-0.3, -0.25) is 9.79 Å². The molecular formula is C10H24N4O2. The molecule has 16 heavy (non-hydrogen) atoms. The second-order valence-electron chi connectivity index (χ2n) is 2.81. The first-order chi connectivity index (χ1) is 7.61. The standard InChI is InChI=1S/C8H18N4O2.C2H6/c1-11-6(7(13)14-2)4-3-5-12-8(9)10;1-2/h6,11H,3-5H2,1-2H3,(H4,9,10,12);1-2H3. The summed E-state index contributed by atoms with van der Waals surface area (Å²) in [6.45, 7) is 4.53. The molecular weight excluding hydrogens is 208 g/mol. The number of guanidine groups is 1. The number of carbonyl (C=O) groups is 1. The van der Waals surface area contributed by atoms with Crippen molar-refractivity contribution in [3.8, 4) is 0 Å². The Balaban J connectivity index is 0. The van der Waals surface area contributed by atoms with Gasteiger partial charge in [-0.25, -0.2) is 0 Å². The van der Waals surface area contributed by atoms with Gasteiger partial charge in [0.2, 0.25) is 0 Å². The lowest BCUT2D eigenvalue weighted by Gasteiger charge is -2.12. The van der Waals surface area contributed by atoms with Crippen molar-refractivity contribution in [2.75, 3.05) is 20.7 Å². The minimum Gasteiger partial charge on any atom is -0.468 e. The molecule has 0 aromatic rings. The Hall–Kier alpha value is -1.30. The Bertz CT molecular complexity index is 203. The van der Waals surface area contributed by atoms with Crippen LogP contribution in [0, 0.1) is 0 Å². The maximum absolute atomic E-state index is 11.1. The molecule has 0 fully saturated rings. The van der Waals surface area contributed by atoms with Crippen molar-refractivity contribution in [3.63, 3.8) is 0 Å². The molecule has 0 bridgehead atoms. The number of hydrogen-bond acceptors (Lipinski definition) is 4. The molecule has 0 saturated heterocycles. The van der Waals surface area contributed by atoms with Gasteiger partial charge in [-0.2, -0.15) is 0 Å². The maximum atomic E-state index is 11.1. The number of nitrogens with one attached hydrogen (secondary N) is 1. The zero-order chi connectivity index (χ0) is 13.0. The highest BCUT2D eigenvalue weighted by atomic mass is 16.5. The van der Waals surface area contributed by atoms with Gasteiger partial charge < -0.3 is 21.5 Å². The van der Waals surface area contributed by atoms with Crippen LogP contribution in [0.3, 0.4) is 0 Å². The third-order valence-electron chi connectivity index (χ3n) is 1.78. The van der Waals surface area contributed by atoms with Crippen molar-refractivity contribution in [2.24, 2.45) is 16.5 Å². The van der Waals surface area contributed by atoms with E-state index >= 15 is 0 Å². The molecule has 1 atom stereocenters. The summed E-state index contributed by atoms with van der Waals surface area (Å²) in [5, 5.41) is 2.86. The molecule has 0 aliphatic carbocycles. The number of nitrogens with two attached hydrogens (primary N) is 2. The molecule has 0 aliphatic rings. The predicted octanol–water partition coefficient (Wildman–Crippen LogP) is -0.173. The summed E-state index contributed by atoms with van der Waals surface area (Å²) in [5.74, 6) is -0.193. The summed E-state index contributed by atoms with van der Waals surface area (Å²) >= 11 is 0. The molecule has 0 saturated carbocycles. The third kappa shape index (κ3) is 9.26. The molecule has 0 spiro atoms. The van der Waals surface area contributed by atoms with E-state index in [1.165, 1.54) is 7.11 Å². The average molecular weight is 232 g/mol. The van der Waals surface area contributed by atoms with E-state index in [0.717, 1.165) is 6.42 Å². The number of nitrogens with zero attached hydrogens (tertiary/aromatic N) is 1. The van der Waals surface area contributed by atoms with Crippen molar-refractivity contribution in [1.29, 1.82) is 0 Å². The first-order valence-corrected chi connectivity index (χ1v) is 5.42. The summed E-state index contributed by atoms with van der Waals surface area (Å²) in [5.41, 5.74) is 10.3. The molecule has 6 nitrogen and oxygen atoms in total. The molecule has 0 rings (SSSR count). The molecule has 0 aromatic heterocycles. The fourth-order valence-electron chi connectivity index (χ4n) is 1.03. The molecule has 0 amide bonds. The van der Waals surface area contributed by atoms with Crippen LogP contribution in [-0.4, -0.2) is 38.7 Å². The van der Waals surface area contributed by atoms with E-state index in [-0.39, 0.29) is 18.0 Å². The number of rotatable bonds is 6. The third-order valence-corrected chi connectivity index (χ3v) is 1.78. The molecule has 96 valence electrons. The number of methoxy groups -OCH3 is 1. The van der Waals surface area contributed by atoms with Crippen molar-refractivity contribution in [2.45, 2.75) is 32.7 Å². The Labute approximate surface area is 97.4 Å². The van der Waals surface area contributed by atoms with Gasteiger partial charge in [-0.1, -0.05) is 13.8 Å². The van der Waals surface area contributed by atoms with Gasteiger partial charge in [-0.05, 0) is 19.9 Å². The van der Waals surface area contributed by atoms with Crippen LogP contribution >= 0.6 is 0 Å². The molecule has 6 heteroatoms. The van der Waals surface area contributed by atoms with Crippen LogP contribution in [0.15, 0.2) is 4.99 Å². The number of ether oxygens (including phenoxy) is 1. The fraction of sp³-hybridized carbons (Fsp3) is 0.800. The van der Waals surface area contributed by atoms with Gasteiger partial charge in [0.25, 0.3) is 0 Å². The number of esters is 1. The van der Waals surface area contributed by atoms with E-state index in [4.69, 9.17) is 11.5 Å². The minimum atomic E-state index is -0.283. The van der Waals surface area contributed by atoms with Gasteiger partial charge in [0.15, 0.2) is 5.96 Å². The fourth-order valence-corrected chi connectivity index (χ4v) is 1.03. The SMILES string of the molecule is CC.CNC(CCCN=C(N)N)C(=O)OC. The second kappa shape index (κ2) is 11.8. The van der Waals surface area contributed by atoms with Crippen LogP contribution in [0.1, 0.15) is 26.7 Å². The van der Waals surface area contributed by atoms with Crippen LogP contribution in [0.4, 0.5) is 0 Å². The normalized spacial score (nSPS) is 10.8. The van der Waals surface area contributed by atoms with Gasteiger partial charge in [-0.15, -0.1) is 0 Å². The van der Waals surface area contributed by atoms with E-state index < -0.39 is 0 Å². The number of carbonyl (C=O) groups excluding carboxylic acids is 1. The first kappa shape index (κ1) is 17.1. The minimum absolute atomic E-state index is 0.0732. The summed E-state index contributed by atoms with van der Waals surface area (Å²) in [6, 6.07) is -0.283. The van der Waals surface area contributed by atoms with Crippen LogP contribution in [0.2, 0.25) is 0 Å². The Morgan fingerprint density at radius 2 is 2.00 bits per heavy atom. The number of aliphatic imine (C=N–C) groups is 1. The van der Waals surface area contributed by atoms with Crippen LogP contribution in [-0.2, 0) is 9.53 Å². The summed E-state index contributed by atoms with van der Waals surface area (Å²) < 4.78 is 4.59. The number of likely N-dealkylation sites (N-methyl/N-ethyl adjacent to an activating group) is 1. The maximum Gasteiger partial charge on any atom is 0.322 e. The van der Waals surface area contributed by atoms with Gasteiger partial charge in [0.05, 0.1) is 7.11 Å². The number of hydrogen-bond donors (Lipinski definition) is 3. The van der Waals surface area contributed by atoms with E-state index in [0.29, 0.717) is 13.0 Å². The highest BCUT2D eigenvalue weighted by Gasteiger charge is 2.15. The average Bonchev–Trinajstić information content (AvgIpc) is 2.30. The first-order valence-electron chi connectivity index (χ1n) is 5.42. The molecule has 0 aliphatic heterocycles. The predicted molar refractivity (Wildman–Crippen MR) is 66.1 cm³/mol. The lowest BCUT2D eigenvalue weighted by molar-refractivity contribution is -0.143. The molecule has 5 N–H and O–H groups in total. The topological polar surface area (TPSA) is 103 Å². The Morgan fingerprint density at radius 1 is 1.44 bits per heavy atom. The highest BCUT2D eigenvalue weighted by Crippen LogP contribution is 1.99. The zero-order valence-electron chi connectivity index (χ0n) is 10.6. The van der Waals surface area contributed by atoms with Crippen LogP contribution in [0.5, 0.6) is 0 Å². The molecule has 0 heterocycles. The lowest BCUT2D eigenvalue weighted by Crippen LogP contribution is -2.35. The van der Waals surface area contributed by atoms with E-state index in [9.17, 15) is 4.79 Å². The zero-order valence-corrected chi connectivity index (χ0v) is 10.6. The molecule has 0 radical (unpaired) electrons. The van der Waals surface area contributed by atoms with E-state index in [2.05, 4.69) is 15.0 Å². The van der Waals surface area contributed by atoms with Crippen molar-refractivity contribution in [3.05, 3.63) is 0 Å². The molecule has 0 aromatic carbocycles. The van der Waals surface area contributed by atoms with Crippen LogP contribution < -0.4 is 16.8 Å². The highest BCUT2D eigenvalue weighted by molar-refractivity contribution is 5.76. The smallest absolute Gasteiger partial charge is 0.322 e. The van der Waals surface area contributed by atoms with Gasteiger partial charge >= 0.3 is 5.97 Å². The Morgan fingerprint density at radius 3 is 2.38 bits per heavy atom. The monoisotopic (exact) mass is 232 g/mol. The molecule has 1 unspecified atom stereocenters. The van der Waals surface area contributed by atoms with E-state index in [1.807, 2.05) is 13.8 Å². The largest absolute Gasteiger partial charge is 0.468 e. The Kier molecular flexibility index (Phi) is 12.6. The quantitative estimate of drug-likeness (QED) is 0.255. The van der Waals surface area contributed by atoms with Crippen molar-refractivity contribution >= 4 is 11.9 Å². The van der Waals surface area contributed by atoms with Gasteiger partial charge in [0.1, 0.15) is 6.04 Å². The summed E-state index contributed by atoms with van der Waals surface area (Å²) in [7, 11) is 3.07. The lowest BCUT2D eigenvalue weighted by atomic mass is 10.1. The van der Waals surface area contributed by atoms with Crippen molar-refractivity contribution < 1.29 is 9.53 Å². The summed E-state index contributed by atoms with van der Waals surface area (Å²) in [4.78, 5) is 14.9. The summed E-state index contributed by atoms with van der Waals surface area (Å²) in [6.07, 6.45) is 1.39. The van der Waals surface area contributed by atoms with E-state index in [1.54, 1.807) is 7.05 Å². The van der Waals surface area contributed by atoms with Crippen molar-refractivity contribution in [1.82, 2.24) is 5.32 Å². The second-order valence-corrected chi connectivity index (χ2v) is 2.81. The van der Waals surface area contributed by atoms with Crippen LogP contribution in [0.25, 0.3) is 0 Å².